The summed E-state index contributed by atoms with van der Waals surface area (Å²) in [7, 11) is -4.27. The largest absolute Gasteiger partial charge is 0.304 e. The van der Waals surface area contributed by atoms with Crippen molar-refractivity contribution in [3.63, 3.8) is 0 Å². The summed E-state index contributed by atoms with van der Waals surface area (Å²) in [5, 5.41) is 0.349. The minimum Gasteiger partial charge on any atom is -0.304 e. The van der Waals surface area contributed by atoms with Crippen molar-refractivity contribution in [3.8, 4) is 0 Å². The molecule has 2 heterocycles. The number of rotatable bonds is 3. The molecule has 2 amide bonds. The third-order valence-corrected chi connectivity index (χ3v) is 8.60. The summed E-state index contributed by atoms with van der Waals surface area (Å²) in [6, 6.07) is 16.9. The van der Waals surface area contributed by atoms with Crippen molar-refractivity contribution < 1.29 is 22.4 Å². The molecule has 0 N–H and O–H groups in total. The van der Waals surface area contributed by atoms with Gasteiger partial charge in [0.25, 0.3) is 10.8 Å². The third kappa shape index (κ3) is 3.01. The van der Waals surface area contributed by atoms with Gasteiger partial charge in [0.2, 0.25) is 5.91 Å². The second kappa shape index (κ2) is 7.40. The van der Waals surface area contributed by atoms with Crippen LogP contribution < -0.4 is 9.80 Å². The average molecular weight is 485 g/mol. The van der Waals surface area contributed by atoms with E-state index in [0.29, 0.717) is 16.3 Å². The summed E-state index contributed by atoms with van der Waals surface area (Å²) in [5.74, 6) is -2.68. The number of hydrogen-bond donors (Lipinski definition) is 0. The Morgan fingerprint density at radius 3 is 2.42 bits per heavy atom. The number of amides is 2. The monoisotopic (exact) mass is 484 g/mol. The van der Waals surface area contributed by atoms with Crippen LogP contribution in [0.2, 0.25) is 5.02 Å². The van der Waals surface area contributed by atoms with Crippen molar-refractivity contribution in [3.05, 3.63) is 94.3 Å². The fourth-order valence-corrected chi connectivity index (χ4v) is 6.75. The molecule has 9 heteroatoms. The van der Waals surface area contributed by atoms with Crippen molar-refractivity contribution in [1.82, 2.24) is 0 Å². The highest BCUT2D eigenvalue weighted by Crippen LogP contribution is 2.53. The Morgan fingerprint density at radius 2 is 1.73 bits per heavy atom. The smallest absolute Gasteiger partial charge is 0.274 e. The topological polar surface area (TPSA) is 74.8 Å². The van der Waals surface area contributed by atoms with Gasteiger partial charge in [-0.25, -0.2) is 12.8 Å². The molecule has 0 saturated carbocycles. The summed E-state index contributed by atoms with van der Waals surface area (Å²) in [4.78, 5) is 27.3. The van der Waals surface area contributed by atoms with Gasteiger partial charge in [0.15, 0.2) is 9.84 Å². The Bertz CT molecular complexity index is 1420. The predicted molar refractivity (Wildman–Crippen MR) is 123 cm³/mol. The normalized spacial score (nSPS) is 21.2. The van der Waals surface area contributed by atoms with Crippen LogP contribution in [0.15, 0.2) is 66.7 Å². The average Bonchev–Trinajstić information content (AvgIpc) is 3.14. The lowest BCUT2D eigenvalue weighted by atomic mass is 10.0. The van der Waals surface area contributed by atoms with Crippen LogP contribution >= 0.6 is 11.6 Å². The van der Waals surface area contributed by atoms with E-state index in [-0.39, 0.29) is 17.8 Å². The van der Waals surface area contributed by atoms with E-state index in [0.717, 1.165) is 10.5 Å². The summed E-state index contributed by atoms with van der Waals surface area (Å²) < 4.78 is 40.5. The standard InChI is InChI=1S/C24H18ClFN2O4S/c1-15-6-11-18(12-20(15)25)28-22(29)14-33(31,32)24(28)19-4-2-3-5-21(19)27(23(24)30)13-16-7-9-17(26)10-8-16/h2-12H,13-14H2,1H3/t24-/m1/s1. The molecule has 1 saturated heterocycles. The number of carbonyl (C=O) groups excluding carboxylic acids is 2. The van der Waals surface area contributed by atoms with E-state index in [1.807, 2.05) is 0 Å². The zero-order valence-corrected chi connectivity index (χ0v) is 19.0. The molecular weight excluding hydrogens is 467 g/mol. The van der Waals surface area contributed by atoms with Crippen LogP contribution in [-0.4, -0.2) is 26.0 Å². The predicted octanol–water partition coefficient (Wildman–Crippen LogP) is 3.95. The Labute approximate surface area is 195 Å². The molecular formula is C24H18ClFN2O4S. The number of sulfone groups is 1. The van der Waals surface area contributed by atoms with Gasteiger partial charge in [0.1, 0.15) is 11.6 Å². The zero-order chi connectivity index (χ0) is 23.5. The lowest BCUT2D eigenvalue weighted by molar-refractivity contribution is -0.123. The molecule has 33 heavy (non-hydrogen) atoms. The molecule has 0 unspecified atom stereocenters. The quantitative estimate of drug-likeness (QED) is 0.564. The Hall–Kier alpha value is -3.23. The second-order valence-corrected chi connectivity index (χ2v) is 10.6. The number of nitrogens with zero attached hydrogens (tertiary/aromatic N) is 2. The van der Waals surface area contributed by atoms with Crippen molar-refractivity contribution in [1.29, 1.82) is 0 Å². The maximum absolute atomic E-state index is 14.0. The van der Waals surface area contributed by atoms with E-state index in [1.54, 1.807) is 43.3 Å². The molecule has 0 radical (unpaired) electrons. The van der Waals surface area contributed by atoms with Crippen LogP contribution in [0.5, 0.6) is 0 Å². The van der Waals surface area contributed by atoms with Gasteiger partial charge in [0, 0.05) is 16.3 Å². The highest BCUT2D eigenvalue weighted by molar-refractivity contribution is 7.94. The molecule has 2 aliphatic heterocycles. The Morgan fingerprint density at radius 1 is 1.03 bits per heavy atom. The molecule has 2 aliphatic rings. The van der Waals surface area contributed by atoms with Gasteiger partial charge in [-0.15, -0.1) is 0 Å². The Balaban J connectivity index is 1.73. The number of fused-ring (bicyclic) bond motifs is 2. The molecule has 3 aromatic rings. The van der Waals surface area contributed by atoms with Crippen LogP contribution in [0.1, 0.15) is 16.7 Å². The minimum absolute atomic E-state index is 0.0179. The van der Waals surface area contributed by atoms with Crippen LogP contribution in [0.3, 0.4) is 0 Å². The zero-order valence-electron chi connectivity index (χ0n) is 17.5. The molecule has 3 aromatic carbocycles. The van der Waals surface area contributed by atoms with Crippen molar-refractivity contribution in [2.75, 3.05) is 15.6 Å². The van der Waals surface area contributed by atoms with Gasteiger partial charge in [-0.05, 0) is 48.4 Å². The van der Waals surface area contributed by atoms with Gasteiger partial charge in [0.05, 0.1) is 12.2 Å². The molecule has 0 aliphatic carbocycles. The minimum atomic E-state index is -4.27. The highest BCUT2D eigenvalue weighted by Gasteiger charge is 2.69. The number of para-hydroxylation sites is 1. The van der Waals surface area contributed by atoms with Crippen molar-refractivity contribution in [2.45, 2.75) is 18.3 Å². The SMILES string of the molecule is Cc1ccc(N2C(=O)CS(=O)(=O)[C@]23C(=O)N(Cc2ccc(F)cc2)c2ccccc23)cc1Cl. The number of benzene rings is 3. The molecule has 5 rings (SSSR count). The second-order valence-electron chi connectivity index (χ2n) is 8.10. The molecule has 168 valence electrons. The number of hydrogen-bond acceptors (Lipinski definition) is 4. The van der Waals surface area contributed by atoms with Gasteiger partial charge in [-0.2, -0.15) is 0 Å². The van der Waals surface area contributed by atoms with E-state index < -0.39 is 38.1 Å². The fourth-order valence-electron chi connectivity index (χ4n) is 4.54. The fraction of sp³-hybridized carbons (Fsp3) is 0.167. The molecule has 1 fully saturated rings. The van der Waals surface area contributed by atoms with Crippen LogP contribution in [0, 0.1) is 12.7 Å². The number of carbonyl (C=O) groups is 2. The van der Waals surface area contributed by atoms with Crippen LogP contribution in [0.25, 0.3) is 0 Å². The van der Waals surface area contributed by atoms with Gasteiger partial charge in [-0.1, -0.05) is 48.0 Å². The summed E-state index contributed by atoms with van der Waals surface area (Å²) in [5.41, 5.74) is 2.18. The number of halogens is 2. The van der Waals surface area contributed by atoms with E-state index in [2.05, 4.69) is 0 Å². The first-order chi connectivity index (χ1) is 15.7. The van der Waals surface area contributed by atoms with E-state index in [4.69, 9.17) is 11.6 Å². The molecule has 6 nitrogen and oxygen atoms in total. The third-order valence-electron chi connectivity index (χ3n) is 6.09. The van der Waals surface area contributed by atoms with Gasteiger partial charge in [-0.3, -0.25) is 14.5 Å². The van der Waals surface area contributed by atoms with E-state index in [9.17, 15) is 22.4 Å². The maximum atomic E-state index is 14.0. The molecule has 0 bridgehead atoms. The summed E-state index contributed by atoms with van der Waals surface area (Å²) >= 11 is 6.28. The first kappa shape index (κ1) is 21.6. The molecule has 1 spiro atoms. The van der Waals surface area contributed by atoms with Gasteiger partial charge < -0.3 is 4.90 Å². The lowest BCUT2D eigenvalue weighted by Gasteiger charge is -2.32. The molecule has 1 atom stereocenters. The van der Waals surface area contributed by atoms with Crippen LogP contribution in [-0.2, 0) is 30.8 Å². The van der Waals surface area contributed by atoms with E-state index >= 15 is 0 Å². The maximum Gasteiger partial charge on any atom is 0.274 e. The highest BCUT2D eigenvalue weighted by atomic mass is 35.5. The summed E-state index contributed by atoms with van der Waals surface area (Å²) in [6.45, 7) is 1.80. The number of anilines is 2. The summed E-state index contributed by atoms with van der Waals surface area (Å²) in [6.07, 6.45) is 0. The van der Waals surface area contributed by atoms with Gasteiger partial charge >= 0.3 is 0 Å². The van der Waals surface area contributed by atoms with Crippen LogP contribution in [0.4, 0.5) is 15.8 Å². The lowest BCUT2D eigenvalue weighted by Crippen LogP contribution is -2.54. The van der Waals surface area contributed by atoms with E-state index in [1.165, 1.54) is 35.2 Å². The van der Waals surface area contributed by atoms with Crippen molar-refractivity contribution >= 4 is 44.6 Å². The molecule has 0 aromatic heterocycles. The first-order valence-electron chi connectivity index (χ1n) is 10.1. The van der Waals surface area contributed by atoms with Crippen molar-refractivity contribution in [2.24, 2.45) is 0 Å². The number of aryl methyl sites for hydroxylation is 1. The first-order valence-corrected chi connectivity index (χ1v) is 12.2. The Kier molecular flexibility index (Phi) is 4.84.